The second kappa shape index (κ2) is 4.95. The first-order valence-electron chi connectivity index (χ1n) is 5.59. The zero-order valence-corrected chi connectivity index (χ0v) is 9.37. The van der Waals surface area contributed by atoms with Crippen molar-refractivity contribution in [1.29, 1.82) is 0 Å². The largest absolute Gasteiger partial charge is 0.480 e. The number of hydrogen-bond acceptors (Lipinski definition) is 3. The van der Waals surface area contributed by atoms with Gasteiger partial charge in [-0.15, -0.1) is 0 Å². The highest BCUT2D eigenvalue weighted by molar-refractivity contribution is 5.84. The summed E-state index contributed by atoms with van der Waals surface area (Å²) < 4.78 is 0. The van der Waals surface area contributed by atoms with Crippen molar-refractivity contribution in [2.24, 2.45) is 0 Å². The van der Waals surface area contributed by atoms with E-state index in [4.69, 9.17) is 5.11 Å². The summed E-state index contributed by atoms with van der Waals surface area (Å²) in [6, 6.07) is 2.89. The summed E-state index contributed by atoms with van der Waals surface area (Å²) in [6.07, 6.45) is 4.91. The number of carboxylic acid groups (broad SMARTS) is 1. The number of rotatable bonds is 3. The molecule has 1 atom stereocenters. The van der Waals surface area contributed by atoms with Crippen molar-refractivity contribution in [3.63, 3.8) is 0 Å². The Morgan fingerprint density at radius 2 is 2.18 bits per heavy atom. The molecule has 0 aliphatic carbocycles. The maximum absolute atomic E-state index is 11.8. The molecule has 0 unspecified atom stereocenters. The van der Waals surface area contributed by atoms with Gasteiger partial charge in [0.05, 0.1) is 0 Å². The van der Waals surface area contributed by atoms with E-state index in [9.17, 15) is 9.59 Å². The van der Waals surface area contributed by atoms with Crippen LogP contribution in [-0.4, -0.2) is 32.9 Å². The molecule has 1 N–H and O–H groups in total. The van der Waals surface area contributed by atoms with E-state index in [2.05, 4.69) is 4.98 Å². The minimum absolute atomic E-state index is 0.0829. The van der Waals surface area contributed by atoms with Gasteiger partial charge >= 0.3 is 5.97 Å². The van der Waals surface area contributed by atoms with Crippen LogP contribution in [0.4, 0.5) is 0 Å². The van der Waals surface area contributed by atoms with Gasteiger partial charge in [-0.3, -0.25) is 9.78 Å². The quantitative estimate of drug-likeness (QED) is 0.848. The predicted molar refractivity (Wildman–Crippen MR) is 60.1 cm³/mol. The first-order chi connectivity index (χ1) is 8.18. The first kappa shape index (κ1) is 11.6. The Hall–Kier alpha value is -1.91. The number of likely N-dealkylation sites (tertiary alicyclic amines) is 1. The molecule has 0 bridgehead atoms. The van der Waals surface area contributed by atoms with Gasteiger partial charge < -0.3 is 10.0 Å². The molecule has 1 aromatic rings. The summed E-state index contributed by atoms with van der Waals surface area (Å²) in [5.74, 6) is -1.01. The number of aromatic nitrogens is 1. The van der Waals surface area contributed by atoms with E-state index in [1.54, 1.807) is 24.5 Å². The molecular weight excluding hydrogens is 220 g/mol. The average molecular weight is 234 g/mol. The minimum Gasteiger partial charge on any atom is -0.480 e. The lowest BCUT2D eigenvalue weighted by Crippen LogP contribution is -2.47. The standard InChI is InChI=1S/C12H14N2O3/c15-11-3-1-2-10(12(16)17)14(11)8-9-4-6-13-7-5-9/h4-7,10H,1-3,8H2,(H,16,17)/t10-/m1/s1. The molecule has 1 fully saturated rings. The smallest absolute Gasteiger partial charge is 0.326 e. The maximum atomic E-state index is 11.8. The molecule has 0 radical (unpaired) electrons. The third-order valence-electron chi connectivity index (χ3n) is 2.95. The van der Waals surface area contributed by atoms with Crippen LogP contribution in [0.1, 0.15) is 24.8 Å². The number of carboxylic acids is 1. The molecule has 17 heavy (non-hydrogen) atoms. The number of aliphatic carboxylic acids is 1. The number of pyridine rings is 1. The Labute approximate surface area is 99.1 Å². The van der Waals surface area contributed by atoms with Crippen LogP contribution in [0.5, 0.6) is 0 Å². The number of carbonyl (C=O) groups excluding carboxylic acids is 1. The second-order valence-corrected chi connectivity index (χ2v) is 4.12. The van der Waals surface area contributed by atoms with Crippen molar-refractivity contribution in [2.45, 2.75) is 31.8 Å². The Kier molecular flexibility index (Phi) is 3.37. The molecule has 1 amide bonds. The fraction of sp³-hybridized carbons (Fsp3) is 0.417. The Morgan fingerprint density at radius 3 is 2.82 bits per heavy atom. The van der Waals surface area contributed by atoms with E-state index in [0.29, 0.717) is 25.8 Å². The summed E-state index contributed by atoms with van der Waals surface area (Å²) in [6.45, 7) is 0.346. The van der Waals surface area contributed by atoms with E-state index in [0.717, 1.165) is 5.56 Å². The summed E-state index contributed by atoms with van der Waals surface area (Å²) in [5, 5.41) is 9.10. The highest BCUT2D eigenvalue weighted by Crippen LogP contribution is 2.20. The van der Waals surface area contributed by atoms with Crippen molar-refractivity contribution in [1.82, 2.24) is 9.88 Å². The monoisotopic (exact) mass is 234 g/mol. The molecule has 90 valence electrons. The summed E-state index contributed by atoms with van der Waals surface area (Å²) in [7, 11) is 0. The molecule has 0 aromatic carbocycles. The third-order valence-corrected chi connectivity index (χ3v) is 2.95. The van der Waals surface area contributed by atoms with E-state index >= 15 is 0 Å². The van der Waals surface area contributed by atoms with E-state index in [1.165, 1.54) is 4.90 Å². The number of carbonyl (C=O) groups is 2. The summed E-state index contributed by atoms with van der Waals surface area (Å²) in [4.78, 5) is 28.2. The first-order valence-corrected chi connectivity index (χ1v) is 5.59. The Balaban J connectivity index is 2.15. The molecule has 5 nitrogen and oxygen atoms in total. The van der Waals surface area contributed by atoms with Crippen LogP contribution < -0.4 is 0 Å². The number of amides is 1. The zero-order chi connectivity index (χ0) is 12.3. The van der Waals surface area contributed by atoms with Gasteiger partial charge in [-0.05, 0) is 30.5 Å². The summed E-state index contributed by atoms with van der Waals surface area (Å²) in [5.41, 5.74) is 0.904. The molecule has 1 aromatic heterocycles. The molecule has 5 heteroatoms. The molecule has 2 rings (SSSR count). The predicted octanol–water partition coefficient (Wildman–Crippen LogP) is 1.05. The van der Waals surface area contributed by atoms with Crippen LogP contribution in [0.15, 0.2) is 24.5 Å². The van der Waals surface area contributed by atoms with Crippen molar-refractivity contribution in [3.8, 4) is 0 Å². The van der Waals surface area contributed by atoms with E-state index < -0.39 is 12.0 Å². The SMILES string of the molecule is O=C(O)[C@H]1CCCC(=O)N1Cc1ccncc1. The molecule has 0 saturated carbocycles. The van der Waals surface area contributed by atoms with Crippen molar-refractivity contribution in [2.75, 3.05) is 0 Å². The van der Waals surface area contributed by atoms with Crippen molar-refractivity contribution < 1.29 is 14.7 Å². The van der Waals surface area contributed by atoms with Gasteiger partial charge in [-0.2, -0.15) is 0 Å². The molecule has 1 aliphatic heterocycles. The van der Waals surface area contributed by atoms with Crippen LogP contribution in [0.25, 0.3) is 0 Å². The summed E-state index contributed by atoms with van der Waals surface area (Å²) >= 11 is 0. The Bertz CT molecular complexity index is 419. The zero-order valence-electron chi connectivity index (χ0n) is 9.37. The maximum Gasteiger partial charge on any atom is 0.326 e. The normalized spacial score (nSPS) is 20.4. The van der Waals surface area contributed by atoms with Gasteiger partial charge in [0.1, 0.15) is 6.04 Å². The van der Waals surface area contributed by atoms with Crippen molar-refractivity contribution >= 4 is 11.9 Å². The molecular formula is C12H14N2O3. The fourth-order valence-electron chi connectivity index (χ4n) is 2.06. The second-order valence-electron chi connectivity index (χ2n) is 4.12. The van der Waals surface area contributed by atoms with Crippen LogP contribution in [0.2, 0.25) is 0 Å². The molecule has 0 spiro atoms. The average Bonchev–Trinajstić information content (AvgIpc) is 2.33. The third kappa shape index (κ3) is 2.61. The van der Waals surface area contributed by atoms with Crippen LogP contribution in [-0.2, 0) is 16.1 Å². The van der Waals surface area contributed by atoms with Gasteiger partial charge in [0, 0.05) is 25.4 Å². The van der Waals surface area contributed by atoms with Gasteiger partial charge in [0.15, 0.2) is 0 Å². The highest BCUT2D eigenvalue weighted by atomic mass is 16.4. The van der Waals surface area contributed by atoms with Gasteiger partial charge in [-0.25, -0.2) is 4.79 Å². The van der Waals surface area contributed by atoms with Crippen LogP contribution in [0, 0.1) is 0 Å². The molecule has 2 heterocycles. The number of hydrogen-bond donors (Lipinski definition) is 1. The fourth-order valence-corrected chi connectivity index (χ4v) is 2.06. The van der Waals surface area contributed by atoms with Gasteiger partial charge in [0.25, 0.3) is 0 Å². The van der Waals surface area contributed by atoms with E-state index in [-0.39, 0.29) is 5.91 Å². The molecule has 1 saturated heterocycles. The molecule has 1 aliphatic rings. The lowest BCUT2D eigenvalue weighted by molar-refractivity contribution is -0.153. The number of nitrogens with zero attached hydrogens (tertiary/aromatic N) is 2. The Morgan fingerprint density at radius 1 is 1.47 bits per heavy atom. The van der Waals surface area contributed by atoms with Crippen LogP contribution >= 0.6 is 0 Å². The van der Waals surface area contributed by atoms with Gasteiger partial charge in [-0.1, -0.05) is 0 Å². The minimum atomic E-state index is -0.924. The van der Waals surface area contributed by atoms with Gasteiger partial charge in [0.2, 0.25) is 5.91 Å². The topological polar surface area (TPSA) is 70.5 Å². The van der Waals surface area contributed by atoms with E-state index in [1.807, 2.05) is 0 Å². The highest BCUT2D eigenvalue weighted by Gasteiger charge is 2.32. The lowest BCUT2D eigenvalue weighted by Gasteiger charge is -2.32. The van der Waals surface area contributed by atoms with Crippen LogP contribution in [0.3, 0.4) is 0 Å². The van der Waals surface area contributed by atoms with Crippen molar-refractivity contribution in [3.05, 3.63) is 30.1 Å². The number of piperidine rings is 1. The lowest BCUT2D eigenvalue weighted by atomic mass is 10.0.